The average molecular weight is 248 g/mol. The van der Waals surface area contributed by atoms with Gasteiger partial charge >= 0.3 is 0 Å². The molecule has 2 aliphatic rings. The minimum Gasteiger partial charge on any atom is -0.313 e. The molecular weight excluding hydrogens is 224 g/mol. The van der Waals surface area contributed by atoms with Crippen LogP contribution in [0.25, 0.3) is 0 Å². The molecule has 1 atom stereocenters. The molecule has 4 nitrogen and oxygen atoms in total. The lowest BCUT2D eigenvalue weighted by atomic mass is 10.2. The van der Waals surface area contributed by atoms with E-state index in [0.29, 0.717) is 6.04 Å². The standard InChI is InChI=1S/C14H24N4/c1-11-12(8-16-17(11)2)9-18(14-5-6-14)10-13-4-3-7-15-13/h8,13-15H,3-7,9-10H2,1-2H3/t13-/m0/s1. The van der Waals surface area contributed by atoms with Crippen molar-refractivity contribution in [1.29, 1.82) is 0 Å². The van der Waals surface area contributed by atoms with E-state index in [9.17, 15) is 0 Å². The molecule has 1 aromatic heterocycles. The first-order chi connectivity index (χ1) is 8.74. The van der Waals surface area contributed by atoms with Crippen molar-refractivity contribution in [2.45, 2.75) is 51.2 Å². The van der Waals surface area contributed by atoms with E-state index in [4.69, 9.17) is 0 Å². The fourth-order valence-corrected chi connectivity index (χ4v) is 2.90. The van der Waals surface area contributed by atoms with Gasteiger partial charge in [0.25, 0.3) is 0 Å². The summed E-state index contributed by atoms with van der Waals surface area (Å²) in [6, 6.07) is 1.54. The van der Waals surface area contributed by atoms with Crippen molar-refractivity contribution >= 4 is 0 Å². The fraction of sp³-hybridized carbons (Fsp3) is 0.786. The van der Waals surface area contributed by atoms with Gasteiger partial charge in [-0.2, -0.15) is 5.10 Å². The number of hydrogen-bond acceptors (Lipinski definition) is 3. The Morgan fingerprint density at radius 3 is 2.83 bits per heavy atom. The molecule has 1 saturated heterocycles. The number of nitrogens with zero attached hydrogens (tertiary/aromatic N) is 3. The van der Waals surface area contributed by atoms with Gasteiger partial charge in [0.05, 0.1) is 6.20 Å². The number of aromatic nitrogens is 2. The van der Waals surface area contributed by atoms with E-state index in [1.165, 1.54) is 50.0 Å². The normalized spacial score (nSPS) is 24.1. The van der Waals surface area contributed by atoms with Crippen molar-refractivity contribution in [2.24, 2.45) is 7.05 Å². The van der Waals surface area contributed by atoms with E-state index in [0.717, 1.165) is 12.6 Å². The summed E-state index contributed by atoms with van der Waals surface area (Å²) in [5.41, 5.74) is 2.70. The van der Waals surface area contributed by atoms with Gasteiger partial charge in [-0.15, -0.1) is 0 Å². The van der Waals surface area contributed by atoms with Crippen molar-refractivity contribution in [2.75, 3.05) is 13.1 Å². The lowest BCUT2D eigenvalue weighted by molar-refractivity contribution is 0.230. The molecule has 0 unspecified atom stereocenters. The molecule has 2 fully saturated rings. The first-order valence-electron chi connectivity index (χ1n) is 7.19. The highest BCUT2D eigenvalue weighted by Crippen LogP contribution is 2.29. The van der Waals surface area contributed by atoms with Crippen LogP contribution < -0.4 is 5.32 Å². The van der Waals surface area contributed by atoms with E-state index in [-0.39, 0.29) is 0 Å². The maximum Gasteiger partial charge on any atom is 0.0537 e. The van der Waals surface area contributed by atoms with Crippen LogP contribution in [-0.4, -0.2) is 39.9 Å². The van der Waals surface area contributed by atoms with Crippen LogP contribution in [0.1, 0.15) is 36.9 Å². The van der Waals surface area contributed by atoms with Crippen LogP contribution in [0.5, 0.6) is 0 Å². The second kappa shape index (κ2) is 5.02. The Morgan fingerprint density at radius 2 is 2.28 bits per heavy atom. The van der Waals surface area contributed by atoms with E-state index in [2.05, 4.69) is 22.2 Å². The highest BCUT2D eigenvalue weighted by atomic mass is 15.3. The van der Waals surface area contributed by atoms with Crippen molar-refractivity contribution < 1.29 is 0 Å². The highest BCUT2D eigenvalue weighted by Gasteiger charge is 2.31. The number of aryl methyl sites for hydroxylation is 1. The molecule has 0 aromatic carbocycles. The van der Waals surface area contributed by atoms with E-state index >= 15 is 0 Å². The summed E-state index contributed by atoms with van der Waals surface area (Å²) in [5, 5.41) is 7.97. The lowest BCUT2D eigenvalue weighted by Crippen LogP contribution is -2.38. The zero-order chi connectivity index (χ0) is 12.5. The van der Waals surface area contributed by atoms with Gasteiger partial charge < -0.3 is 5.32 Å². The van der Waals surface area contributed by atoms with Crippen molar-refractivity contribution in [3.63, 3.8) is 0 Å². The van der Waals surface area contributed by atoms with Crippen LogP contribution in [-0.2, 0) is 13.6 Å². The molecule has 1 saturated carbocycles. The van der Waals surface area contributed by atoms with Gasteiger partial charge in [-0.3, -0.25) is 9.58 Å². The largest absolute Gasteiger partial charge is 0.313 e. The summed E-state index contributed by atoms with van der Waals surface area (Å²) >= 11 is 0. The van der Waals surface area contributed by atoms with Crippen LogP contribution in [0.3, 0.4) is 0 Å². The van der Waals surface area contributed by atoms with Crippen LogP contribution >= 0.6 is 0 Å². The average Bonchev–Trinajstić information content (AvgIpc) is 3.01. The van der Waals surface area contributed by atoms with Gasteiger partial charge in [0.15, 0.2) is 0 Å². The molecule has 18 heavy (non-hydrogen) atoms. The second-order valence-electron chi connectivity index (χ2n) is 5.83. The predicted octanol–water partition coefficient (Wildman–Crippen LogP) is 1.44. The minimum atomic E-state index is 0.711. The third kappa shape index (κ3) is 2.59. The predicted molar refractivity (Wildman–Crippen MR) is 72.4 cm³/mol. The molecule has 0 bridgehead atoms. The van der Waals surface area contributed by atoms with Crippen LogP contribution in [0, 0.1) is 6.92 Å². The number of nitrogens with one attached hydrogen (secondary N) is 1. The molecule has 1 aromatic rings. The lowest BCUT2D eigenvalue weighted by Gasteiger charge is -2.25. The zero-order valence-electron chi connectivity index (χ0n) is 11.5. The van der Waals surface area contributed by atoms with Crippen molar-refractivity contribution in [1.82, 2.24) is 20.0 Å². The maximum atomic E-state index is 4.36. The molecule has 0 radical (unpaired) electrons. The van der Waals surface area contributed by atoms with Gasteiger partial charge in [0, 0.05) is 43.5 Å². The Labute approximate surface area is 109 Å². The van der Waals surface area contributed by atoms with Crippen molar-refractivity contribution in [3.8, 4) is 0 Å². The first-order valence-corrected chi connectivity index (χ1v) is 7.19. The summed E-state index contributed by atoms with van der Waals surface area (Å²) in [6.07, 6.45) is 7.48. The van der Waals surface area contributed by atoms with Crippen LogP contribution in [0.4, 0.5) is 0 Å². The Balaban J connectivity index is 1.64. The third-order valence-corrected chi connectivity index (χ3v) is 4.39. The minimum absolute atomic E-state index is 0.711. The van der Waals surface area contributed by atoms with Crippen molar-refractivity contribution in [3.05, 3.63) is 17.5 Å². The smallest absolute Gasteiger partial charge is 0.0537 e. The van der Waals surface area contributed by atoms with Gasteiger partial charge in [0.2, 0.25) is 0 Å². The third-order valence-electron chi connectivity index (χ3n) is 4.39. The second-order valence-corrected chi connectivity index (χ2v) is 5.83. The Morgan fingerprint density at radius 1 is 1.44 bits per heavy atom. The molecule has 4 heteroatoms. The molecule has 1 aliphatic carbocycles. The molecule has 0 amide bonds. The molecular formula is C14H24N4. The van der Waals surface area contributed by atoms with Crippen LogP contribution in [0.2, 0.25) is 0 Å². The summed E-state index contributed by atoms with van der Waals surface area (Å²) in [5.74, 6) is 0. The highest BCUT2D eigenvalue weighted by molar-refractivity contribution is 5.16. The maximum absolute atomic E-state index is 4.36. The summed E-state index contributed by atoms with van der Waals surface area (Å²) in [7, 11) is 2.03. The number of rotatable bonds is 5. The molecule has 3 rings (SSSR count). The van der Waals surface area contributed by atoms with E-state index < -0.39 is 0 Å². The Hall–Kier alpha value is -0.870. The molecule has 2 heterocycles. The van der Waals surface area contributed by atoms with Gasteiger partial charge in [-0.25, -0.2) is 0 Å². The topological polar surface area (TPSA) is 33.1 Å². The molecule has 100 valence electrons. The Bertz CT molecular complexity index is 402. The van der Waals surface area contributed by atoms with E-state index in [1.807, 2.05) is 17.9 Å². The summed E-state index contributed by atoms with van der Waals surface area (Å²) < 4.78 is 1.98. The zero-order valence-corrected chi connectivity index (χ0v) is 11.5. The SMILES string of the molecule is Cc1c(CN(C[C@@H]2CCCN2)C2CC2)cnn1C. The van der Waals surface area contributed by atoms with Gasteiger partial charge in [-0.05, 0) is 39.2 Å². The Kier molecular flexibility index (Phi) is 3.39. The monoisotopic (exact) mass is 248 g/mol. The number of hydrogen-bond donors (Lipinski definition) is 1. The molecule has 1 N–H and O–H groups in total. The molecule has 0 spiro atoms. The van der Waals surface area contributed by atoms with Gasteiger partial charge in [-0.1, -0.05) is 0 Å². The summed E-state index contributed by atoms with van der Waals surface area (Å²) in [4.78, 5) is 2.66. The van der Waals surface area contributed by atoms with Crippen LogP contribution in [0.15, 0.2) is 6.20 Å². The van der Waals surface area contributed by atoms with Gasteiger partial charge in [0.1, 0.15) is 0 Å². The molecule has 1 aliphatic heterocycles. The fourth-order valence-electron chi connectivity index (χ4n) is 2.90. The quantitative estimate of drug-likeness (QED) is 0.856. The summed E-state index contributed by atoms with van der Waals surface area (Å²) in [6.45, 7) is 5.65. The first kappa shape index (κ1) is 12.2. The van der Waals surface area contributed by atoms with E-state index in [1.54, 1.807) is 0 Å².